The number of nitrogens with two attached hydrogens (primary N) is 1. The van der Waals surface area contributed by atoms with Crippen molar-refractivity contribution in [3.63, 3.8) is 0 Å². The number of alkyl carbamates (subject to hydrolysis) is 1. The van der Waals surface area contributed by atoms with E-state index in [1.165, 1.54) is 0 Å². The number of carbonyl (C=O) groups is 2. The third-order valence-electron chi connectivity index (χ3n) is 3.58. The Bertz CT molecular complexity index is 388. The van der Waals surface area contributed by atoms with Gasteiger partial charge in [-0.1, -0.05) is 0 Å². The number of hydrogen-bond donors (Lipinski definition) is 3. The molecule has 6 heteroatoms. The normalized spacial score (nSPS) is 23.5. The molecule has 0 bridgehead atoms. The molecule has 0 aromatic rings. The molecule has 0 spiro atoms. The molecule has 4 N–H and O–H groups in total. The number of rotatable bonds is 4. The fourth-order valence-corrected chi connectivity index (χ4v) is 2.51. The quantitative estimate of drug-likeness (QED) is 0.736. The summed E-state index contributed by atoms with van der Waals surface area (Å²) in [5.41, 5.74) is 4.15. The van der Waals surface area contributed by atoms with E-state index in [9.17, 15) is 9.59 Å². The van der Waals surface area contributed by atoms with Crippen LogP contribution < -0.4 is 16.4 Å². The van der Waals surface area contributed by atoms with Gasteiger partial charge >= 0.3 is 6.09 Å². The molecule has 1 rings (SSSR count). The lowest BCUT2D eigenvalue weighted by molar-refractivity contribution is -0.123. The summed E-state index contributed by atoms with van der Waals surface area (Å²) in [5, 5.41) is 6.18. The first-order valence-electron chi connectivity index (χ1n) is 7.57. The Morgan fingerprint density at radius 2 is 1.67 bits per heavy atom. The van der Waals surface area contributed by atoms with Crippen LogP contribution in [0.3, 0.4) is 0 Å². The van der Waals surface area contributed by atoms with Crippen molar-refractivity contribution in [2.75, 3.05) is 0 Å². The molecule has 0 aliphatic heterocycles. The third kappa shape index (κ3) is 6.33. The summed E-state index contributed by atoms with van der Waals surface area (Å²) < 4.78 is 5.27. The van der Waals surface area contributed by atoms with Gasteiger partial charge in [0.2, 0.25) is 5.91 Å². The number of hydrogen-bond acceptors (Lipinski definition) is 4. The SMILES string of the molecule is CC(C)(C)OC(=O)NC1CCCC(NC(C)(C)C(N)=O)C1. The van der Waals surface area contributed by atoms with Crippen LogP contribution in [-0.2, 0) is 9.53 Å². The van der Waals surface area contributed by atoms with Crippen molar-refractivity contribution in [3.8, 4) is 0 Å². The highest BCUT2D eigenvalue weighted by molar-refractivity contribution is 5.83. The molecular formula is C15H29N3O3. The van der Waals surface area contributed by atoms with Gasteiger partial charge in [0.25, 0.3) is 0 Å². The van der Waals surface area contributed by atoms with Crippen LogP contribution in [-0.4, -0.2) is 35.2 Å². The highest BCUT2D eigenvalue weighted by Gasteiger charge is 2.31. The molecule has 1 aliphatic carbocycles. The standard InChI is InChI=1S/C15H29N3O3/c1-14(2,3)21-13(20)17-10-7-6-8-11(9-10)18-15(4,5)12(16)19/h10-11,18H,6-9H2,1-5H3,(H2,16,19)(H,17,20). The molecule has 21 heavy (non-hydrogen) atoms. The maximum absolute atomic E-state index is 11.8. The smallest absolute Gasteiger partial charge is 0.407 e. The topological polar surface area (TPSA) is 93.4 Å². The fraction of sp³-hybridized carbons (Fsp3) is 0.867. The Balaban J connectivity index is 2.49. The van der Waals surface area contributed by atoms with Crippen molar-refractivity contribution in [2.45, 2.75) is 83.5 Å². The maximum atomic E-state index is 11.8. The molecule has 0 heterocycles. The van der Waals surface area contributed by atoms with Gasteiger partial charge in [0.05, 0.1) is 5.54 Å². The van der Waals surface area contributed by atoms with Crippen molar-refractivity contribution in [1.82, 2.24) is 10.6 Å². The Hall–Kier alpha value is -1.30. The van der Waals surface area contributed by atoms with Crippen molar-refractivity contribution in [2.24, 2.45) is 5.73 Å². The first-order chi connectivity index (χ1) is 9.49. The minimum atomic E-state index is -0.738. The first kappa shape index (κ1) is 17.8. The van der Waals surface area contributed by atoms with Crippen LogP contribution in [0.5, 0.6) is 0 Å². The van der Waals surface area contributed by atoms with Crippen molar-refractivity contribution >= 4 is 12.0 Å². The molecule has 0 aromatic carbocycles. The van der Waals surface area contributed by atoms with Crippen LogP contribution in [0.15, 0.2) is 0 Å². The Labute approximate surface area is 127 Å². The van der Waals surface area contributed by atoms with Crippen LogP contribution >= 0.6 is 0 Å². The van der Waals surface area contributed by atoms with Gasteiger partial charge in [-0.3, -0.25) is 4.79 Å². The molecule has 2 unspecified atom stereocenters. The lowest BCUT2D eigenvalue weighted by atomic mass is 9.89. The van der Waals surface area contributed by atoms with Gasteiger partial charge in [0, 0.05) is 12.1 Å². The van der Waals surface area contributed by atoms with Crippen molar-refractivity contribution < 1.29 is 14.3 Å². The number of carbonyl (C=O) groups excluding carboxylic acids is 2. The number of nitrogens with one attached hydrogen (secondary N) is 2. The second kappa shape index (κ2) is 6.64. The van der Waals surface area contributed by atoms with Crippen LogP contribution in [0.2, 0.25) is 0 Å². The largest absolute Gasteiger partial charge is 0.444 e. The molecule has 0 radical (unpaired) electrons. The maximum Gasteiger partial charge on any atom is 0.407 e. The Kier molecular flexibility index (Phi) is 5.61. The lowest BCUT2D eigenvalue weighted by Gasteiger charge is -2.35. The van der Waals surface area contributed by atoms with E-state index in [2.05, 4.69) is 10.6 Å². The zero-order chi connectivity index (χ0) is 16.3. The molecule has 122 valence electrons. The van der Waals surface area contributed by atoms with Crippen molar-refractivity contribution in [1.29, 1.82) is 0 Å². The minimum Gasteiger partial charge on any atom is -0.444 e. The molecule has 2 atom stereocenters. The van der Waals surface area contributed by atoms with Gasteiger partial charge in [-0.15, -0.1) is 0 Å². The number of amides is 2. The highest BCUT2D eigenvalue weighted by Crippen LogP contribution is 2.21. The molecule has 1 fully saturated rings. The minimum absolute atomic E-state index is 0.0646. The van der Waals surface area contributed by atoms with Crippen LogP contribution in [0, 0.1) is 0 Å². The molecule has 1 saturated carbocycles. The van der Waals surface area contributed by atoms with E-state index in [1.54, 1.807) is 13.8 Å². The van der Waals surface area contributed by atoms with Gasteiger partial charge in [0.15, 0.2) is 0 Å². The van der Waals surface area contributed by atoms with E-state index in [-0.39, 0.29) is 24.1 Å². The first-order valence-corrected chi connectivity index (χ1v) is 7.57. The molecule has 0 saturated heterocycles. The third-order valence-corrected chi connectivity index (χ3v) is 3.58. The van der Waals surface area contributed by atoms with E-state index in [4.69, 9.17) is 10.5 Å². The van der Waals surface area contributed by atoms with E-state index in [1.807, 2.05) is 20.8 Å². The highest BCUT2D eigenvalue weighted by atomic mass is 16.6. The van der Waals surface area contributed by atoms with E-state index in [0.29, 0.717) is 0 Å². The van der Waals surface area contributed by atoms with Crippen LogP contribution in [0.25, 0.3) is 0 Å². The van der Waals surface area contributed by atoms with Crippen LogP contribution in [0.4, 0.5) is 4.79 Å². The second-order valence-corrected chi connectivity index (χ2v) is 7.34. The van der Waals surface area contributed by atoms with Gasteiger partial charge in [-0.25, -0.2) is 4.79 Å². The summed E-state index contributed by atoms with van der Waals surface area (Å²) >= 11 is 0. The molecule has 1 aliphatic rings. The second-order valence-electron chi connectivity index (χ2n) is 7.34. The average Bonchev–Trinajstić information content (AvgIpc) is 2.25. The summed E-state index contributed by atoms with van der Waals surface area (Å²) in [6, 6.07) is 0.232. The Morgan fingerprint density at radius 1 is 1.10 bits per heavy atom. The van der Waals surface area contributed by atoms with Gasteiger partial charge in [-0.2, -0.15) is 0 Å². The summed E-state index contributed by atoms with van der Waals surface area (Å²) in [6.07, 6.45) is 3.28. The summed E-state index contributed by atoms with van der Waals surface area (Å²) in [4.78, 5) is 23.2. The average molecular weight is 299 g/mol. The lowest BCUT2D eigenvalue weighted by Crippen LogP contribution is -2.56. The number of ether oxygens (including phenoxy) is 1. The van der Waals surface area contributed by atoms with Gasteiger partial charge < -0.3 is 21.1 Å². The van der Waals surface area contributed by atoms with Gasteiger partial charge in [0.1, 0.15) is 5.60 Å². The summed E-state index contributed by atoms with van der Waals surface area (Å²) in [5.74, 6) is -0.371. The predicted octanol–water partition coefficient (Wildman–Crippen LogP) is 1.68. The van der Waals surface area contributed by atoms with Crippen LogP contribution in [0.1, 0.15) is 60.3 Å². The molecular weight excluding hydrogens is 270 g/mol. The molecule has 0 aromatic heterocycles. The summed E-state index contributed by atoms with van der Waals surface area (Å²) in [6.45, 7) is 9.08. The van der Waals surface area contributed by atoms with E-state index < -0.39 is 11.1 Å². The van der Waals surface area contributed by atoms with E-state index in [0.717, 1.165) is 25.7 Å². The number of primary amides is 1. The monoisotopic (exact) mass is 299 g/mol. The zero-order valence-electron chi connectivity index (χ0n) is 13.8. The van der Waals surface area contributed by atoms with E-state index >= 15 is 0 Å². The Morgan fingerprint density at radius 3 is 2.19 bits per heavy atom. The molecule has 6 nitrogen and oxygen atoms in total. The fourth-order valence-electron chi connectivity index (χ4n) is 2.51. The van der Waals surface area contributed by atoms with Gasteiger partial charge in [-0.05, 0) is 60.3 Å². The van der Waals surface area contributed by atoms with Crippen molar-refractivity contribution in [3.05, 3.63) is 0 Å². The molecule has 2 amide bonds. The predicted molar refractivity (Wildman–Crippen MR) is 81.8 cm³/mol. The zero-order valence-corrected chi connectivity index (χ0v) is 13.8. The summed E-state index contributed by atoms with van der Waals surface area (Å²) in [7, 11) is 0.